The number of rotatable bonds is 5. The Balaban J connectivity index is 1.40. The smallest absolute Gasteiger partial charge is 0.289 e. The standard InChI is InChI=1S/C24H24N6O3/c1-15-8-9-19-20(10-15)28-22(27-19)24(33)29(2)14-21(31)30-13-16(11-18(30)12-25)23(32)26-17-6-4-3-5-7-17/h3-10,16,18H,11,13-14H2,1-2H3,(H,26,32)(H,27,28). The minimum Gasteiger partial charge on any atom is -0.334 e. The fourth-order valence-electron chi connectivity index (χ4n) is 3.96. The number of likely N-dealkylation sites (N-methyl/N-ethyl adjacent to an activating group) is 1. The molecule has 2 unspecified atom stereocenters. The van der Waals surface area contributed by atoms with E-state index in [1.165, 1.54) is 16.8 Å². The second-order valence-electron chi connectivity index (χ2n) is 8.25. The third-order valence-corrected chi connectivity index (χ3v) is 5.74. The van der Waals surface area contributed by atoms with Crippen molar-refractivity contribution in [2.24, 2.45) is 5.92 Å². The molecule has 1 aromatic heterocycles. The van der Waals surface area contributed by atoms with E-state index < -0.39 is 17.9 Å². The second kappa shape index (κ2) is 9.12. The highest BCUT2D eigenvalue weighted by Gasteiger charge is 2.39. The number of anilines is 1. The summed E-state index contributed by atoms with van der Waals surface area (Å²) in [5.41, 5.74) is 3.11. The lowest BCUT2D eigenvalue weighted by Gasteiger charge is -2.23. The molecule has 2 aromatic carbocycles. The number of carbonyl (C=O) groups excluding carboxylic acids is 3. The molecule has 1 fully saturated rings. The van der Waals surface area contributed by atoms with Crippen molar-refractivity contribution < 1.29 is 14.4 Å². The Morgan fingerprint density at radius 2 is 2.00 bits per heavy atom. The van der Waals surface area contributed by atoms with Crippen LogP contribution in [0.1, 0.15) is 22.6 Å². The molecule has 1 saturated heterocycles. The van der Waals surface area contributed by atoms with Gasteiger partial charge >= 0.3 is 0 Å². The highest BCUT2D eigenvalue weighted by Crippen LogP contribution is 2.25. The van der Waals surface area contributed by atoms with Gasteiger partial charge in [0.2, 0.25) is 11.8 Å². The van der Waals surface area contributed by atoms with E-state index in [0.29, 0.717) is 11.2 Å². The van der Waals surface area contributed by atoms with Crippen molar-refractivity contribution in [3.8, 4) is 6.07 Å². The fraction of sp³-hybridized carbons (Fsp3) is 0.292. The number of nitriles is 1. The van der Waals surface area contributed by atoms with Gasteiger partial charge in [0.25, 0.3) is 5.91 Å². The molecule has 0 bridgehead atoms. The molecule has 2 atom stereocenters. The van der Waals surface area contributed by atoms with Crippen LogP contribution >= 0.6 is 0 Å². The number of benzene rings is 2. The first-order valence-electron chi connectivity index (χ1n) is 10.6. The first-order chi connectivity index (χ1) is 15.9. The second-order valence-corrected chi connectivity index (χ2v) is 8.25. The molecule has 0 radical (unpaired) electrons. The van der Waals surface area contributed by atoms with Crippen LogP contribution in [0, 0.1) is 24.2 Å². The summed E-state index contributed by atoms with van der Waals surface area (Å²) in [7, 11) is 1.51. The number of para-hydroxylation sites is 1. The normalized spacial score (nSPS) is 17.5. The number of nitrogens with zero attached hydrogens (tertiary/aromatic N) is 4. The van der Waals surface area contributed by atoms with Gasteiger partial charge in [-0.3, -0.25) is 14.4 Å². The number of aromatic nitrogens is 2. The summed E-state index contributed by atoms with van der Waals surface area (Å²) in [5, 5.41) is 12.3. The van der Waals surface area contributed by atoms with E-state index in [9.17, 15) is 19.6 Å². The number of likely N-dealkylation sites (tertiary alicyclic amines) is 1. The first-order valence-corrected chi connectivity index (χ1v) is 10.6. The summed E-state index contributed by atoms with van der Waals surface area (Å²) in [6, 6.07) is 16.0. The largest absolute Gasteiger partial charge is 0.334 e. The monoisotopic (exact) mass is 444 g/mol. The number of aryl methyl sites for hydroxylation is 1. The quantitative estimate of drug-likeness (QED) is 0.625. The van der Waals surface area contributed by atoms with E-state index in [1.807, 2.05) is 43.3 Å². The average Bonchev–Trinajstić information content (AvgIpc) is 3.43. The summed E-state index contributed by atoms with van der Waals surface area (Å²) in [4.78, 5) is 48.3. The van der Waals surface area contributed by atoms with Gasteiger partial charge in [0.05, 0.1) is 29.6 Å². The van der Waals surface area contributed by atoms with Crippen LogP contribution in [-0.2, 0) is 9.59 Å². The summed E-state index contributed by atoms with van der Waals surface area (Å²) >= 11 is 0. The predicted octanol–water partition coefficient (Wildman–Crippen LogP) is 2.32. The Bertz CT molecular complexity index is 1250. The van der Waals surface area contributed by atoms with Gasteiger partial charge in [-0.15, -0.1) is 0 Å². The van der Waals surface area contributed by atoms with Gasteiger partial charge in [-0.25, -0.2) is 4.98 Å². The Labute approximate surface area is 191 Å². The molecule has 9 heteroatoms. The van der Waals surface area contributed by atoms with Gasteiger partial charge < -0.3 is 20.1 Å². The van der Waals surface area contributed by atoms with Crippen LogP contribution in [0.3, 0.4) is 0 Å². The molecule has 0 aliphatic carbocycles. The third kappa shape index (κ3) is 4.70. The van der Waals surface area contributed by atoms with Crippen molar-refractivity contribution in [3.05, 3.63) is 59.9 Å². The van der Waals surface area contributed by atoms with Gasteiger partial charge in [-0.05, 0) is 43.2 Å². The van der Waals surface area contributed by atoms with Crippen LogP contribution in [0.4, 0.5) is 5.69 Å². The maximum Gasteiger partial charge on any atom is 0.289 e. The van der Waals surface area contributed by atoms with Crippen LogP contribution in [-0.4, -0.2) is 63.7 Å². The van der Waals surface area contributed by atoms with Gasteiger partial charge in [0, 0.05) is 19.3 Å². The number of aromatic amines is 1. The summed E-state index contributed by atoms with van der Waals surface area (Å²) in [6.45, 7) is 1.85. The highest BCUT2D eigenvalue weighted by molar-refractivity contribution is 5.97. The topological polar surface area (TPSA) is 122 Å². The Kier molecular flexibility index (Phi) is 6.09. The molecule has 3 amide bonds. The number of hydrogen-bond acceptors (Lipinski definition) is 5. The molecule has 2 heterocycles. The minimum atomic E-state index is -0.721. The number of imidazole rings is 1. The van der Waals surface area contributed by atoms with Crippen molar-refractivity contribution in [1.29, 1.82) is 5.26 Å². The van der Waals surface area contributed by atoms with E-state index in [1.54, 1.807) is 12.1 Å². The van der Waals surface area contributed by atoms with E-state index >= 15 is 0 Å². The Hall–Kier alpha value is -4.19. The number of hydrogen-bond donors (Lipinski definition) is 2. The number of amides is 3. The zero-order valence-corrected chi connectivity index (χ0v) is 18.4. The lowest BCUT2D eigenvalue weighted by molar-refractivity contribution is -0.131. The van der Waals surface area contributed by atoms with Crippen molar-refractivity contribution in [3.63, 3.8) is 0 Å². The van der Waals surface area contributed by atoms with Crippen molar-refractivity contribution in [1.82, 2.24) is 19.8 Å². The van der Waals surface area contributed by atoms with Crippen molar-refractivity contribution in [2.45, 2.75) is 19.4 Å². The third-order valence-electron chi connectivity index (χ3n) is 5.74. The molecule has 3 aromatic rings. The summed E-state index contributed by atoms with van der Waals surface area (Å²) < 4.78 is 0. The number of fused-ring (bicyclic) bond motifs is 1. The number of nitrogens with one attached hydrogen (secondary N) is 2. The van der Waals surface area contributed by atoms with Gasteiger partial charge in [-0.2, -0.15) is 5.26 Å². The summed E-state index contributed by atoms with van der Waals surface area (Å²) in [6.07, 6.45) is 0.251. The molecule has 0 spiro atoms. The highest BCUT2D eigenvalue weighted by atomic mass is 16.2. The molecular formula is C24H24N6O3. The lowest BCUT2D eigenvalue weighted by atomic mass is 10.1. The molecule has 0 saturated carbocycles. The molecule has 168 valence electrons. The molecule has 9 nitrogen and oxygen atoms in total. The Morgan fingerprint density at radius 1 is 1.24 bits per heavy atom. The van der Waals surface area contributed by atoms with E-state index in [4.69, 9.17) is 0 Å². The van der Waals surface area contributed by atoms with E-state index in [-0.39, 0.29) is 37.1 Å². The van der Waals surface area contributed by atoms with Crippen molar-refractivity contribution >= 4 is 34.4 Å². The molecule has 4 rings (SSSR count). The van der Waals surface area contributed by atoms with E-state index in [0.717, 1.165) is 11.1 Å². The Morgan fingerprint density at radius 3 is 2.73 bits per heavy atom. The van der Waals surface area contributed by atoms with Crippen LogP contribution < -0.4 is 5.32 Å². The molecular weight excluding hydrogens is 420 g/mol. The lowest BCUT2D eigenvalue weighted by Crippen LogP contribution is -2.43. The van der Waals surface area contributed by atoms with Crippen molar-refractivity contribution in [2.75, 3.05) is 25.5 Å². The van der Waals surface area contributed by atoms with Gasteiger partial charge in [0.1, 0.15) is 6.04 Å². The average molecular weight is 444 g/mol. The van der Waals surface area contributed by atoms with Crippen LogP contribution in [0.15, 0.2) is 48.5 Å². The summed E-state index contributed by atoms with van der Waals surface area (Å²) in [5.74, 6) is -1.41. The minimum absolute atomic E-state index is 0.127. The predicted molar refractivity (Wildman–Crippen MR) is 122 cm³/mol. The molecule has 33 heavy (non-hydrogen) atoms. The van der Waals surface area contributed by atoms with Crippen LogP contribution in [0.2, 0.25) is 0 Å². The number of H-pyrrole nitrogens is 1. The van der Waals surface area contributed by atoms with Gasteiger partial charge in [-0.1, -0.05) is 24.3 Å². The zero-order chi connectivity index (χ0) is 23.5. The van der Waals surface area contributed by atoms with Crippen LogP contribution in [0.5, 0.6) is 0 Å². The maximum atomic E-state index is 12.9. The number of carbonyl (C=O) groups is 3. The molecule has 1 aliphatic rings. The zero-order valence-electron chi connectivity index (χ0n) is 18.4. The van der Waals surface area contributed by atoms with Crippen LogP contribution in [0.25, 0.3) is 11.0 Å². The maximum absolute atomic E-state index is 12.9. The molecule has 2 N–H and O–H groups in total. The van der Waals surface area contributed by atoms with E-state index in [2.05, 4.69) is 21.4 Å². The van der Waals surface area contributed by atoms with Gasteiger partial charge in [0.15, 0.2) is 5.82 Å². The SMILES string of the molecule is Cc1ccc2nc(C(=O)N(C)CC(=O)N3CC(C(=O)Nc4ccccc4)CC3C#N)[nH]c2c1. The fourth-order valence-corrected chi connectivity index (χ4v) is 3.96. The molecule has 1 aliphatic heterocycles. The first kappa shape index (κ1) is 22.0.